The molecule has 2 aromatic carbocycles. The van der Waals surface area contributed by atoms with Gasteiger partial charge in [-0.3, -0.25) is 4.79 Å². The maximum Gasteiger partial charge on any atom is 0.319 e. The number of urea groups is 1. The molecule has 0 bridgehead atoms. The smallest absolute Gasteiger partial charge is 0.319 e. The van der Waals surface area contributed by atoms with Crippen molar-refractivity contribution in [3.8, 4) is 0 Å². The highest BCUT2D eigenvalue weighted by Crippen LogP contribution is 2.29. The number of allylic oxidation sites excluding steroid dienone is 1. The highest BCUT2D eigenvalue weighted by atomic mass is 19.1. The van der Waals surface area contributed by atoms with Crippen LogP contribution in [0.25, 0.3) is 0 Å². The van der Waals surface area contributed by atoms with Gasteiger partial charge in [-0.15, -0.1) is 0 Å². The second-order valence-corrected chi connectivity index (χ2v) is 5.89. The van der Waals surface area contributed by atoms with Crippen molar-refractivity contribution in [2.24, 2.45) is 0 Å². The van der Waals surface area contributed by atoms with Gasteiger partial charge >= 0.3 is 6.03 Å². The van der Waals surface area contributed by atoms with Crippen molar-refractivity contribution >= 4 is 17.6 Å². The van der Waals surface area contributed by atoms with Gasteiger partial charge < -0.3 is 16.0 Å². The van der Waals surface area contributed by atoms with Gasteiger partial charge in [0.05, 0.1) is 11.6 Å². The average Bonchev–Trinajstić information content (AvgIpc) is 2.56. The van der Waals surface area contributed by atoms with Gasteiger partial charge in [0.25, 0.3) is 5.91 Å². The SMILES string of the molecule is CC1=C(C(=O)Nc2ccc(F)cc2)C(c2ccccc2C)NC(=O)N1. The second kappa shape index (κ2) is 6.76. The van der Waals surface area contributed by atoms with E-state index in [9.17, 15) is 14.0 Å². The molecule has 0 spiro atoms. The Hall–Kier alpha value is -3.15. The van der Waals surface area contributed by atoms with E-state index in [1.165, 1.54) is 24.3 Å². The normalized spacial score (nSPS) is 16.9. The summed E-state index contributed by atoms with van der Waals surface area (Å²) < 4.78 is 13.0. The van der Waals surface area contributed by atoms with Crippen LogP contribution in [0, 0.1) is 12.7 Å². The van der Waals surface area contributed by atoms with E-state index < -0.39 is 6.04 Å². The van der Waals surface area contributed by atoms with Crippen molar-refractivity contribution in [2.75, 3.05) is 5.32 Å². The summed E-state index contributed by atoms with van der Waals surface area (Å²) in [7, 11) is 0. The van der Waals surface area contributed by atoms with Crippen molar-refractivity contribution in [1.82, 2.24) is 10.6 Å². The van der Waals surface area contributed by atoms with Gasteiger partial charge in [-0.1, -0.05) is 24.3 Å². The number of anilines is 1. The molecular formula is C19H18FN3O2. The number of amides is 3. The fourth-order valence-corrected chi connectivity index (χ4v) is 2.87. The molecule has 1 aliphatic heterocycles. The van der Waals surface area contributed by atoms with E-state index in [0.717, 1.165) is 11.1 Å². The molecule has 1 atom stereocenters. The molecule has 25 heavy (non-hydrogen) atoms. The quantitative estimate of drug-likeness (QED) is 0.802. The summed E-state index contributed by atoms with van der Waals surface area (Å²) in [5.74, 6) is -0.734. The number of rotatable bonds is 3. The van der Waals surface area contributed by atoms with Gasteiger partial charge in [0.1, 0.15) is 5.82 Å². The minimum Gasteiger partial charge on any atom is -0.327 e. The molecule has 3 N–H and O–H groups in total. The lowest BCUT2D eigenvalue weighted by Crippen LogP contribution is -2.46. The van der Waals surface area contributed by atoms with E-state index in [-0.39, 0.29) is 17.8 Å². The van der Waals surface area contributed by atoms with Gasteiger partial charge in [-0.25, -0.2) is 9.18 Å². The number of nitrogens with one attached hydrogen (secondary N) is 3. The van der Waals surface area contributed by atoms with E-state index in [0.29, 0.717) is 17.0 Å². The Bertz CT molecular complexity index is 859. The predicted octanol–water partition coefficient (Wildman–Crippen LogP) is 3.40. The molecule has 5 nitrogen and oxygen atoms in total. The van der Waals surface area contributed by atoms with Crippen molar-refractivity contribution in [2.45, 2.75) is 19.9 Å². The van der Waals surface area contributed by atoms with E-state index in [1.54, 1.807) is 6.92 Å². The van der Waals surface area contributed by atoms with Crippen LogP contribution in [0.15, 0.2) is 59.8 Å². The number of halogens is 1. The molecule has 1 aliphatic rings. The Kier molecular flexibility index (Phi) is 4.52. The first-order chi connectivity index (χ1) is 12.0. The highest BCUT2D eigenvalue weighted by Gasteiger charge is 2.31. The summed E-state index contributed by atoms with van der Waals surface area (Å²) in [5, 5.41) is 8.18. The number of carbonyl (C=O) groups is 2. The van der Waals surface area contributed by atoms with Crippen LogP contribution in [0.4, 0.5) is 14.9 Å². The molecule has 0 radical (unpaired) electrons. The van der Waals surface area contributed by atoms with Crippen LogP contribution in [0.5, 0.6) is 0 Å². The Morgan fingerprint density at radius 2 is 1.76 bits per heavy atom. The minimum absolute atomic E-state index is 0.357. The number of aryl methyl sites for hydroxylation is 1. The third kappa shape index (κ3) is 3.52. The average molecular weight is 339 g/mol. The number of carbonyl (C=O) groups excluding carboxylic acids is 2. The molecule has 0 aliphatic carbocycles. The standard InChI is InChI=1S/C19H18FN3O2/c1-11-5-3-4-6-15(11)17-16(12(2)21-19(25)23-17)18(24)22-14-9-7-13(20)8-10-14/h3-10,17H,1-2H3,(H,22,24)(H2,21,23,25). The van der Waals surface area contributed by atoms with Gasteiger partial charge in [-0.05, 0) is 49.2 Å². The van der Waals surface area contributed by atoms with Gasteiger partial charge in [0.15, 0.2) is 0 Å². The fourth-order valence-electron chi connectivity index (χ4n) is 2.87. The van der Waals surface area contributed by atoms with E-state index >= 15 is 0 Å². The highest BCUT2D eigenvalue weighted by molar-refractivity contribution is 6.06. The largest absolute Gasteiger partial charge is 0.327 e. The molecule has 6 heteroatoms. The fraction of sp³-hybridized carbons (Fsp3) is 0.158. The monoisotopic (exact) mass is 339 g/mol. The molecule has 3 amide bonds. The number of benzene rings is 2. The molecule has 0 aromatic heterocycles. The van der Waals surface area contributed by atoms with Crippen molar-refractivity contribution in [1.29, 1.82) is 0 Å². The first kappa shape index (κ1) is 16.7. The van der Waals surface area contributed by atoms with Gasteiger partial charge in [0.2, 0.25) is 0 Å². The summed E-state index contributed by atoms with van der Waals surface area (Å²) in [6, 6.07) is 12.2. The molecule has 3 rings (SSSR count). The third-order valence-electron chi connectivity index (χ3n) is 4.12. The van der Waals surface area contributed by atoms with Crippen molar-refractivity contribution in [3.05, 3.63) is 76.7 Å². The molecule has 0 saturated carbocycles. The van der Waals surface area contributed by atoms with E-state index in [2.05, 4.69) is 16.0 Å². The first-order valence-electron chi connectivity index (χ1n) is 7.86. The van der Waals surface area contributed by atoms with Crippen LogP contribution in [0.3, 0.4) is 0 Å². The lowest BCUT2D eigenvalue weighted by molar-refractivity contribution is -0.113. The number of hydrogen-bond acceptors (Lipinski definition) is 2. The zero-order chi connectivity index (χ0) is 18.0. The summed E-state index contributed by atoms with van der Waals surface area (Å²) in [6.07, 6.45) is 0. The summed E-state index contributed by atoms with van der Waals surface area (Å²) in [5.41, 5.74) is 3.19. The molecule has 1 heterocycles. The zero-order valence-electron chi connectivity index (χ0n) is 13.9. The van der Waals surface area contributed by atoms with Crippen molar-refractivity contribution < 1.29 is 14.0 Å². The summed E-state index contributed by atoms with van der Waals surface area (Å²) in [4.78, 5) is 24.7. The van der Waals surface area contributed by atoms with Gasteiger partial charge in [0, 0.05) is 11.4 Å². The van der Waals surface area contributed by atoms with Crippen LogP contribution in [0.1, 0.15) is 24.1 Å². The van der Waals surface area contributed by atoms with Crippen LogP contribution in [-0.4, -0.2) is 11.9 Å². The maximum absolute atomic E-state index is 13.0. The molecule has 2 aromatic rings. The molecule has 0 fully saturated rings. The summed E-state index contributed by atoms with van der Waals surface area (Å²) in [6.45, 7) is 3.61. The lowest BCUT2D eigenvalue weighted by Gasteiger charge is -2.29. The maximum atomic E-state index is 13.0. The van der Waals surface area contributed by atoms with Crippen LogP contribution in [-0.2, 0) is 4.79 Å². The van der Waals surface area contributed by atoms with E-state index in [1.807, 2.05) is 31.2 Å². The lowest BCUT2D eigenvalue weighted by atomic mass is 9.92. The molecule has 0 saturated heterocycles. The zero-order valence-corrected chi connectivity index (χ0v) is 13.9. The minimum atomic E-state index is -0.560. The Labute approximate surface area is 144 Å². The molecule has 1 unspecified atom stereocenters. The van der Waals surface area contributed by atoms with E-state index in [4.69, 9.17) is 0 Å². The molecular weight excluding hydrogens is 321 g/mol. The van der Waals surface area contributed by atoms with Gasteiger partial charge in [-0.2, -0.15) is 0 Å². The Morgan fingerprint density at radius 3 is 2.44 bits per heavy atom. The summed E-state index contributed by atoms with van der Waals surface area (Å²) >= 11 is 0. The van der Waals surface area contributed by atoms with Crippen LogP contribution in [0.2, 0.25) is 0 Å². The topological polar surface area (TPSA) is 70.2 Å². The predicted molar refractivity (Wildman–Crippen MR) is 93.3 cm³/mol. The third-order valence-corrected chi connectivity index (χ3v) is 4.12. The Morgan fingerprint density at radius 1 is 1.08 bits per heavy atom. The second-order valence-electron chi connectivity index (χ2n) is 5.89. The van der Waals surface area contributed by atoms with Crippen LogP contribution < -0.4 is 16.0 Å². The van der Waals surface area contributed by atoms with Crippen LogP contribution >= 0.6 is 0 Å². The van der Waals surface area contributed by atoms with Crippen molar-refractivity contribution in [3.63, 3.8) is 0 Å². The Balaban J connectivity index is 1.96. The number of hydrogen-bond donors (Lipinski definition) is 3. The molecule has 128 valence electrons. The first-order valence-corrected chi connectivity index (χ1v) is 7.86.